The Labute approximate surface area is 124 Å². The lowest BCUT2D eigenvalue weighted by Crippen LogP contribution is -2.14. The lowest BCUT2D eigenvalue weighted by atomic mass is 10.1. The SMILES string of the molecule is CCOc1ccccc1C(=O)Nc1cc(N)c(C)cc1C. The van der Waals surface area contributed by atoms with Crippen molar-refractivity contribution in [1.82, 2.24) is 0 Å². The number of hydrogen-bond acceptors (Lipinski definition) is 3. The highest BCUT2D eigenvalue weighted by Gasteiger charge is 2.13. The number of amides is 1. The molecule has 1 amide bonds. The quantitative estimate of drug-likeness (QED) is 0.844. The summed E-state index contributed by atoms with van der Waals surface area (Å²) in [5, 5.41) is 2.89. The molecule has 0 atom stereocenters. The molecule has 0 saturated heterocycles. The van der Waals surface area contributed by atoms with Crippen LogP contribution in [-0.4, -0.2) is 12.5 Å². The Kier molecular flexibility index (Phi) is 4.48. The van der Waals surface area contributed by atoms with Crippen LogP contribution in [0.3, 0.4) is 0 Å². The van der Waals surface area contributed by atoms with E-state index in [0.717, 1.165) is 16.8 Å². The number of nitrogens with two attached hydrogens (primary N) is 1. The topological polar surface area (TPSA) is 64.3 Å². The maximum Gasteiger partial charge on any atom is 0.259 e. The number of nitrogen functional groups attached to an aromatic ring is 1. The summed E-state index contributed by atoms with van der Waals surface area (Å²) >= 11 is 0. The fourth-order valence-corrected chi connectivity index (χ4v) is 2.13. The second kappa shape index (κ2) is 6.31. The van der Waals surface area contributed by atoms with Crippen molar-refractivity contribution in [2.75, 3.05) is 17.7 Å². The molecule has 0 heterocycles. The largest absolute Gasteiger partial charge is 0.493 e. The van der Waals surface area contributed by atoms with E-state index in [9.17, 15) is 4.79 Å². The Balaban J connectivity index is 2.28. The minimum Gasteiger partial charge on any atom is -0.493 e. The van der Waals surface area contributed by atoms with E-state index < -0.39 is 0 Å². The monoisotopic (exact) mass is 284 g/mol. The molecule has 0 bridgehead atoms. The molecule has 0 unspecified atom stereocenters. The molecule has 2 aromatic carbocycles. The summed E-state index contributed by atoms with van der Waals surface area (Å²) < 4.78 is 5.48. The summed E-state index contributed by atoms with van der Waals surface area (Å²) in [4.78, 5) is 12.4. The van der Waals surface area contributed by atoms with E-state index in [1.807, 2.05) is 39.0 Å². The first-order valence-corrected chi connectivity index (χ1v) is 6.92. The molecule has 0 fully saturated rings. The van der Waals surface area contributed by atoms with Gasteiger partial charge in [0.15, 0.2) is 0 Å². The van der Waals surface area contributed by atoms with Gasteiger partial charge in [0.1, 0.15) is 5.75 Å². The number of nitrogens with one attached hydrogen (secondary N) is 1. The summed E-state index contributed by atoms with van der Waals surface area (Å²) in [6.07, 6.45) is 0. The maximum atomic E-state index is 12.4. The summed E-state index contributed by atoms with van der Waals surface area (Å²) in [5.41, 5.74) is 9.77. The predicted molar refractivity (Wildman–Crippen MR) is 85.9 cm³/mol. The molecule has 4 nitrogen and oxygen atoms in total. The van der Waals surface area contributed by atoms with Gasteiger partial charge in [-0.25, -0.2) is 0 Å². The van der Waals surface area contributed by atoms with E-state index in [0.29, 0.717) is 23.6 Å². The number of rotatable bonds is 4. The lowest BCUT2D eigenvalue weighted by molar-refractivity contribution is 0.102. The summed E-state index contributed by atoms with van der Waals surface area (Å²) in [6, 6.07) is 10.9. The first-order valence-electron chi connectivity index (χ1n) is 6.92. The van der Waals surface area contributed by atoms with Crippen LogP contribution in [-0.2, 0) is 0 Å². The minimum atomic E-state index is -0.203. The van der Waals surface area contributed by atoms with Gasteiger partial charge in [-0.3, -0.25) is 4.79 Å². The van der Waals surface area contributed by atoms with Crippen LogP contribution in [0.5, 0.6) is 5.75 Å². The van der Waals surface area contributed by atoms with E-state index in [1.165, 1.54) is 0 Å². The molecule has 0 aromatic heterocycles. The van der Waals surface area contributed by atoms with Crippen LogP contribution in [0.2, 0.25) is 0 Å². The van der Waals surface area contributed by atoms with E-state index >= 15 is 0 Å². The fourth-order valence-electron chi connectivity index (χ4n) is 2.13. The van der Waals surface area contributed by atoms with E-state index in [4.69, 9.17) is 10.5 Å². The van der Waals surface area contributed by atoms with Gasteiger partial charge < -0.3 is 15.8 Å². The van der Waals surface area contributed by atoms with Gasteiger partial charge in [-0.05, 0) is 50.1 Å². The zero-order chi connectivity index (χ0) is 15.4. The number of carbonyl (C=O) groups is 1. The molecule has 21 heavy (non-hydrogen) atoms. The zero-order valence-electron chi connectivity index (χ0n) is 12.6. The van der Waals surface area contributed by atoms with Crippen molar-refractivity contribution in [1.29, 1.82) is 0 Å². The van der Waals surface area contributed by atoms with Crippen LogP contribution >= 0.6 is 0 Å². The molecule has 0 aliphatic carbocycles. The fraction of sp³-hybridized carbons (Fsp3) is 0.235. The molecule has 0 aliphatic rings. The minimum absolute atomic E-state index is 0.203. The van der Waals surface area contributed by atoms with Gasteiger partial charge in [0.2, 0.25) is 0 Å². The maximum absolute atomic E-state index is 12.4. The van der Waals surface area contributed by atoms with E-state index in [-0.39, 0.29) is 5.91 Å². The Morgan fingerprint density at radius 2 is 1.90 bits per heavy atom. The van der Waals surface area contributed by atoms with E-state index in [2.05, 4.69) is 5.32 Å². The smallest absolute Gasteiger partial charge is 0.259 e. The van der Waals surface area contributed by atoms with Gasteiger partial charge in [0.25, 0.3) is 5.91 Å². The van der Waals surface area contributed by atoms with Gasteiger partial charge in [0.05, 0.1) is 12.2 Å². The van der Waals surface area contributed by atoms with Crippen LogP contribution < -0.4 is 15.8 Å². The number of anilines is 2. The van der Waals surface area contributed by atoms with E-state index in [1.54, 1.807) is 18.2 Å². The normalized spacial score (nSPS) is 10.2. The summed E-state index contributed by atoms with van der Waals surface area (Å²) in [6.45, 7) is 6.29. The number of aryl methyl sites for hydroxylation is 2. The van der Waals surface area contributed by atoms with Gasteiger partial charge >= 0.3 is 0 Å². The van der Waals surface area contributed by atoms with Gasteiger partial charge in [0, 0.05) is 11.4 Å². The molecule has 0 aliphatic heterocycles. The van der Waals surface area contributed by atoms with Gasteiger partial charge in [-0.1, -0.05) is 18.2 Å². The van der Waals surface area contributed by atoms with Crippen molar-refractivity contribution < 1.29 is 9.53 Å². The Bertz CT molecular complexity index is 666. The molecule has 0 saturated carbocycles. The highest BCUT2D eigenvalue weighted by Crippen LogP contribution is 2.24. The van der Waals surface area contributed by atoms with Crippen molar-refractivity contribution in [2.45, 2.75) is 20.8 Å². The molecule has 4 heteroatoms. The van der Waals surface area contributed by atoms with Crippen molar-refractivity contribution >= 4 is 17.3 Å². The van der Waals surface area contributed by atoms with Crippen LogP contribution in [0.4, 0.5) is 11.4 Å². The molecule has 3 N–H and O–H groups in total. The second-order valence-electron chi connectivity index (χ2n) is 4.91. The number of ether oxygens (including phenoxy) is 1. The molecule has 2 rings (SSSR count). The first-order chi connectivity index (χ1) is 10.0. The molecule has 0 spiro atoms. The van der Waals surface area contributed by atoms with Crippen LogP contribution in [0.1, 0.15) is 28.4 Å². The number of hydrogen-bond donors (Lipinski definition) is 2. The predicted octanol–water partition coefficient (Wildman–Crippen LogP) is 3.54. The highest BCUT2D eigenvalue weighted by atomic mass is 16.5. The third kappa shape index (κ3) is 3.34. The highest BCUT2D eigenvalue weighted by molar-refractivity contribution is 6.06. The zero-order valence-corrected chi connectivity index (χ0v) is 12.6. The van der Waals surface area contributed by atoms with Gasteiger partial charge in [-0.2, -0.15) is 0 Å². The Morgan fingerprint density at radius 1 is 1.19 bits per heavy atom. The number of para-hydroxylation sites is 1. The molecular weight excluding hydrogens is 264 g/mol. The molecular formula is C17H20N2O2. The summed E-state index contributed by atoms with van der Waals surface area (Å²) in [5.74, 6) is 0.376. The number of benzene rings is 2. The van der Waals surface area contributed by atoms with Crippen LogP contribution in [0.25, 0.3) is 0 Å². The third-order valence-corrected chi connectivity index (χ3v) is 3.29. The second-order valence-corrected chi connectivity index (χ2v) is 4.91. The van der Waals surface area contributed by atoms with Crippen LogP contribution in [0.15, 0.2) is 36.4 Å². The third-order valence-electron chi connectivity index (χ3n) is 3.29. The van der Waals surface area contributed by atoms with Crippen molar-refractivity contribution in [3.8, 4) is 5.75 Å². The molecule has 0 radical (unpaired) electrons. The molecule has 110 valence electrons. The first kappa shape index (κ1) is 14.9. The van der Waals surface area contributed by atoms with Crippen molar-refractivity contribution in [3.63, 3.8) is 0 Å². The van der Waals surface area contributed by atoms with Crippen LogP contribution in [0, 0.1) is 13.8 Å². The van der Waals surface area contributed by atoms with Crippen molar-refractivity contribution in [2.24, 2.45) is 0 Å². The van der Waals surface area contributed by atoms with Gasteiger partial charge in [-0.15, -0.1) is 0 Å². The average Bonchev–Trinajstić information content (AvgIpc) is 2.45. The average molecular weight is 284 g/mol. The summed E-state index contributed by atoms with van der Waals surface area (Å²) in [7, 11) is 0. The molecule has 2 aromatic rings. The Hall–Kier alpha value is -2.49. The number of carbonyl (C=O) groups excluding carboxylic acids is 1. The Morgan fingerprint density at radius 3 is 2.62 bits per heavy atom. The lowest BCUT2D eigenvalue weighted by Gasteiger charge is -2.13. The standard InChI is InChI=1S/C17H20N2O2/c1-4-21-16-8-6-5-7-13(16)17(20)19-15-10-14(18)11(2)9-12(15)3/h5-10H,4,18H2,1-3H3,(H,19,20). The van der Waals surface area contributed by atoms with Crippen molar-refractivity contribution in [3.05, 3.63) is 53.1 Å².